The summed E-state index contributed by atoms with van der Waals surface area (Å²) in [4.78, 5) is 12.4. The summed E-state index contributed by atoms with van der Waals surface area (Å²) in [5, 5.41) is 0. The first-order valence-corrected chi connectivity index (χ1v) is 5.89. The molecule has 18 heavy (non-hydrogen) atoms. The molecule has 0 aromatic rings. The number of nitrogens with zero attached hydrogens (tertiary/aromatic N) is 1. The van der Waals surface area contributed by atoms with E-state index in [2.05, 4.69) is 0 Å². The molecule has 0 fully saturated rings. The molecule has 0 radical (unpaired) electrons. The van der Waals surface area contributed by atoms with E-state index in [0.717, 1.165) is 0 Å². The third-order valence-corrected chi connectivity index (χ3v) is 2.80. The predicted molar refractivity (Wildman–Crippen MR) is 63.8 cm³/mol. The number of carbonyl (C=O) groups is 1. The molecule has 0 aliphatic heterocycles. The number of alkyl halides is 3. The zero-order valence-corrected chi connectivity index (χ0v) is 11.0. The fraction of sp³-hybridized carbons (Fsp3) is 0.909. The molecule has 0 heterocycles. The summed E-state index contributed by atoms with van der Waals surface area (Å²) in [7, 11) is 0. The summed E-state index contributed by atoms with van der Waals surface area (Å²) < 4.78 is 37.2. The van der Waals surface area contributed by atoms with Crippen LogP contribution in [0, 0.1) is 0 Å². The van der Waals surface area contributed by atoms with Crippen LogP contribution in [0.5, 0.6) is 0 Å². The van der Waals surface area contributed by atoms with Gasteiger partial charge < -0.3 is 11.5 Å². The largest absolute Gasteiger partial charge is 0.401 e. The van der Waals surface area contributed by atoms with Gasteiger partial charge in [0.25, 0.3) is 0 Å². The molecule has 2 atom stereocenters. The van der Waals surface area contributed by atoms with Gasteiger partial charge in [0, 0.05) is 6.04 Å². The van der Waals surface area contributed by atoms with Crippen molar-refractivity contribution < 1.29 is 18.0 Å². The Labute approximate surface area is 105 Å². The molecule has 0 spiro atoms. The molecule has 4 N–H and O–H groups in total. The minimum absolute atomic E-state index is 0.0956. The standard InChI is InChI=1S/C11H22F3N3O/c1-4-5-17(7-11(12,13)14)8(2)6-10(3,16)9(15)18/h8H,4-7,16H2,1-3H3,(H2,15,18). The van der Waals surface area contributed by atoms with Crippen molar-refractivity contribution in [2.24, 2.45) is 11.5 Å². The van der Waals surface area contributed by atoms with Gasteiger partial charge in [0.05, 0.1) is 12.1 Å². The number of carbonyl (C=O) groups excluding carboxylic acids is 1. The molecule has 0 saturated carbocycles. The monoisotopic (exact) mass is 269 g/mol. The first-order valence-electron chi connectivity index (χ1n) is 5.89. The topological polar surface area (TPSA) is 72.3 Å². The van der Waals surface area contributed by atoms with Crippen molar-refractivity contribution in [1.82, 2.24) is 4.90 Å². The smallest absolute Gasteiger partial charge is 0.368 e. The molecule has 0 aliphatic rings. The van der Waals surface area contributed by atoms with Gasteiger partial charge in [0.1, 0.15) is 0 Å². The van der Waals surface area contributed by atoms with E-state index in [0.29, 0.717) is 13.0 Å². The molecule has 2 unspecified atom stereocenters. The lowest BCUT2D eigenvalue weighted by Gasteiger charge is -2.33. The van der Waals surface area contributed by atoms with Gasteiger partial charge in [-0.15, -0.1) is 0 Å². The van der Waals surface area contributed by atoms with Gasteiger partial charge in [-0.05, 0) is 33.2 Å². The lowest BCUT2D eigenvalue weighted by atomic mass is 9.93. The van der Waals surface area contributed by atoms with Crippen LogP contribution in [0.1, 0.15) is 33.6 Å². The van der Waals surface area contributed by atoms with Crippen molar-refractivity contribution in [3.63, 3.8) is 0 Å². The highest BCUT2D eigenvalue weighted by Gasteiger charge is 2.35. The second-order valence-corrected chi connectivity index (χ2v) is 4.92. The number of hydrogen-bond donors (Lipinski definition) is 2. The summed E-state index contributed by atoms with van der Waals surface area (Å²) >= 11 is 0. The number of amides is 1. The summed E-state index contributed by atoms with van der Waals surface area (Å²) in [5.74, 6) is -0.710. The minimum Gasteiger partial charge on any atom is -0.368 e. The lowest BCUT2D eigenvalue weighted by Crippen LogP contribution is -2.54. The van der Waals surface area contributed by atoms with Gasteiger partial charge in [-0.25, -0.2) is 0 Å². The highest BCUT2D eigenvalue weighted by Crippen LogP contribution is 2.21. The molecule has 0 aromatic heterocycles. The molecule has 0 aromatic carbocycles. The van der Waals surface area contributed by atoms with Crippen molar-refractivity contribution in [3.8, 4) is 0 Å². The predicted octanol–water partition coefficient (Wildman–Crippen LogP) is 1.24. The Hall–Kier alpha value is -0.820. The molecule has 4 nitrogen and oxygen atoms in total. The summed E-state index contributed by atoms with van der Waals surface area (Å²) in [5.41, 5.74) is 9.50. The van der Waals surface area contributed by atoms with E-state index in [-0.39, 0.29) is 6.42 Å². The Morgan fingerprint density at radius 3 is 2.22 bits per heavy atom. The summed E-state index contributed by atoms with van der Waals surface area (Å²) in [6, 6.07) is -0.464. The van der Waals surface area contributed by atoms with Crippen molar-refractivity contribution in [1.29, 1.82) is 0 Å². The molecular formula is C11H22F3N3O. The molecular weight excluding hydrogens is 247 g/mol. The molecule has 108 valence electrons. The average Bonchev–Trinajstić information content (AvgIpc) is 2.13. The second-order valence-electron chi connectivity index (χ2n) is 4.92. The van der Waals surface area contributed by atoms with Crippen LogP contribution in [0.25, 0.3) is 0 Å². The fourth-order valence-corrected chi connectivity index (χ4v) is 1.82. The van der Waals surface area contributed by atoms with E-state index in [1.165, 1.54) is 11.8 Å². The van der Waals surface area contributed by atoms with Gasteiger partial charge in [-0.1, -0.05) is 6.92 Å². The van der Waals surface area contributed by atoms with E-state index in [4.69, 9.17) is 11.5 Å². The van der Waals surface area contributed by atoms with Crippen LogP contribution < -0.4 is 11.5 Å². The second kappa shape index (κ2) is 6.38. The molecule has 0 aliphatic carbocycles. The van der Waals surface area contributed by atoms with E-state index in [1.54, 1.807) is 13.8 Å². The highest BCUT2D eigenvalue weighted by molar-refractivity contribution is 5.83. The maximum Gasteiger partial charge on any atom is 0.401 e. The third kappa shape index (κ3) is 6.20. The molecule has 0 bridgehead atoms. The van der Waals surface area contributed by atoms with Crippen LogP contribution in [-0.2, 0) is 4.79 Å². The Morgan fingerprint density at radius 2 is 1.89 bits per heavy atom. The Morgan fingerprint density at radius 1 is 1.39 bits per heavy atom. The normalized spacial score (nSPS) is 17.6. The van der Waals surface area contributed by atoms with Crippen molar-refractivity contribution in [2.75, 3.05) is 13.1 Å². The zero-order valence-electron chi connectivity index (χ0n) is 11.0. The number of rotatable bonds is 7. The van der Waals surface area contributed by atoms with E-state index in [9.17, 15) is 18.0 Å². The average molecular weight is 269 g/mol. The van der Waals surface area contributed by atoms with Crippen LogP contribution in [-0.4, -0.2) is 41.7 Å². The van der Waals surface area contributed by atoms with E-state index >= 15 is 0 Å². The van der Waals surface area contributed by atoms with Crippen molar-refractivity contribution in [3.05, 3.63) is 0 Å². The molecule has 7 heteroatoms. The van der Waals surface area contributed by atoms with Crippen LogP contribution in [0.3, 0.4) is 0 Å². The molecule has 1 amide bonds. The van der Waals surface area contributed by atoms with Crippen LogP contribution in [0.2, 0.25) is 0 Å². The fourth-order valence-electron chi connectivity index (χ4n) is 1.82. The SMILES string of the molecule is CCCN(CC(F)(F)F)C(C)CC(C)(N)C(N)=O. The summed E-state index contributed by atoms with van der Waals surface area (Å²) in [6.07, 6.45) is -3.57. The van der Waals surface area contributed by atoms with Crippen LogP contribution in [0.15, 0.2) is 0 Å². The quantitative estimate of drug-likeness (QED) is 0.730. The number of halogens is 3. The van der Waals surface area contributed by atoms with Crippen LogP contribution >= 0.6 is 0 Å². The van der Waals surface area contributed by atoms with Gasteiger partial charge in [-0.2, -0.15) is 13.2 Å². The molecule has 0 rings (SSSR count). The third-order valence-electron chi connectivity index (χ3n) is 2.80. The van der Waals surface area contributed by atoms with E-state index in [1.807, 2.05) is 0 Å². The van der Waals surface area contributed by atoms with Crippen molar-refractivity contribution in [2.45, 2.75) is 51.4 Å². The highest BCUT2D eigenvalue weighted by atomic mass is 19.4. The van der Waals surface area contributed by atoms with Crippen LogP contribution in [0.4, 0.5) is 13.2 Å². The Bertz CT molecular complexity index is 279. The number of hydrogen-bond acceptors (Lipinski definition) is 3. The summed E-state index contributed by atoms with van der Waals surface area (Å²) in [6.45, 7) is 4.15. The lowest BCUT2D eigenvalue weighted by molar-refractivity contribution is -0.151. The van der Waals surface area contributed by atoms with Gasteiger partial charge in [0.15, 0.2) is 0 Å². The number of nitrogens with two attached hydrogens (primary N) is 2. The molecule has 0 saturated heterocycles. The first kappa shape index (κ1) is 17.2. The van der Waals surface area contributed by atoms with Crippen molar-refractivity contribution >= 4 is 5.91 Å². The minimum atomic E-state index is -4.26. The van der Waals surface area contributed by atoms with Gasteiger partial charge >= 0.3 is 6.18 Å². The Kier molecular flexibility index (Phi) is 6.09. The number of primary amides is 1. The Balaban J connectivity index is 4.67. The maximum atomic E-state index is 12.4. The maximum absolute atomic E-state index is 12.4. The zero-order chi connectivity index (χ0) is 14.6. The van der Waals surface area contributed by atoms with Gasteiger partial charge in [0.2, 0.25) is 5.91 Å². The van der Waals surface area contributed by atoms with E-state index < -0.39 is 30.2 Å². The van der Waals surface area contributed by atoms with Gasteiger partial charge in [-0.3, -0.25) is 9.69 Å². The first-order chi connectivity index (χ1) is 7.99.